The zero-order valence-electron chi connectivity index (χ0n) is 10.2. The van der Waals surface area contributed by atoms with E-state index in [9.17, 15) is 18.0 Å². The van der Waals surface area contributed by atoms with Crippen LogP contribution in [0.4, 0.5) is 18.9 Å². The average molecular weight is 290 g/mol. The molecule has 0 fully saturated rings. The summed E-state index contributed by atoms with van der Waals surface area (Å²) in [4.78, 5) is 11.8. The van der Waals surface area contributed by atoms with E-state index in [4.69, 9.17) is 18.0 Å². The highest BCUT2D eigenvalue weighted by Gasteiger charge is 2.22. The van der Waals surface area contributed by atoms with E-state index in [2.05, 4.69) is 5.32 Å². The summed E-state index contributed by atoms with van der Waals surface area (Å²) >= 11 is 4.73. The number of halogens is 3. The molecule has 104 valence electrons. The van der Waals surface area contributed by atoms with Crippen molar-refractivity contribution in [3.63, 3.8) is 0 Å². The molecule has 0 radical (unpaired) electrons. The Morgan fingerprint density at radius 2 is 2.05 bits per heavy atom. The molecule has 1 aromatic rings. The molecule has 1 unspecified atom stereocenters. The van der Waals surface area contributed by atoms with Gasteiger partial charge in [0, 0.05) is 12.1 Å². The van der Waals surface area contributed by atoms with Crippen LogP contribution in [0.2, 0.25) is 0 Å². The maximum Gasteiger partial charge on any atom is 0.234 e. The highest BCUT2D eigenvalue weighted by molar-refractivity contribution is 7.80. The van der Waals surface area contributed by atoms with Gasteiger partial charge in [-0.15, -0.1) is 0 Å². The third kappa shape index (κ3) is 3.92. The van der Waals surface area contributed by atoms with Gasteiger partial charge >= 0.3 is 0 Å². The van der Waals surface area contributed by atoms with Crippen molar-refractivity contribution in [2.24, 2.45) is 11.7 Å². The fraction of sp³-hybridized carbons (Fsp3) is 0.333. The predicted molar refractivity (Wildman–Crippen MR) is 70.1 cm³/mol. The number of carbonyl (C=O) groups is 1. The van der Waals surface area contributed by atoms with Crippen molar-refractivity contribution in [1.29, 1.82) is 0 Å². The molecule has 0 aliphatic heterocycles. The van der Waals surface area contributed by atoms with E-state index >= 15 is 0 Å². The zero-order valence-corrected chi connectivity index (χ0v) is 11.0. The topological polar surface area (TPSA) is 55.1 Å². The minimum Gasteiger partial charge on any atom is -0.393 e. The molecule has 0 aromatic heterocycles. The van der Waals surface area contributed by atoms with Crippen molar-refractivity contribution in [3.05, 3.63) is 29.6 Å². The summed E-state index contributed by atoms with van der Waals surface area (Å²) in [5.74, 6) is -5.17. The average Bonchev–Trinajstić information content (AvgIpc) is 2.31. The van der Waals surface area contributed by atoms with E-state index in [-0.39, 0.29) is 4.99 Å². The van der Waals surface area contributed by atoms with Crippen molar-refractivity contribution < 1.29 is 18.0 Å². The number of rotatable bonds is 5. The van der Waals surface area contributed by atoms with Gasteiger partial charge in [-0.3, -0.25) is 4.79 Å². The van der Waals surface area contributed by atoms with E-state index in [1.807, 2.05) is 6.92 Å². The van der Waals surface area contributed by atoms with Gasteiger partial charge in [0.15, 0.2) is 11.6 Å². The highest BCUT2D eigenvalue weighted by Crippen LogP contribution is 2.20. The number of benzene rings is 1. The Kier molecular flexibility index (Phi) is 5.29. The van der Waals surface area contributed by atoms with E-state index in [1.54, 1.807) is 0 Å². The lowest BCUT2D eigenvalue weighted by atomic mass is 10.0. The predicted octanol–water partition coefficient (Wildman–Crippen LogP) is 2.74. The Morgan fingerprint density at radius 3 is 2.58 bits per heavy atom. The zero-order chi connectivity index (χ0) is 14.6. The van der Waals surface area contributed by atoms with Crippen molar-refractivity contribution in [2.75, 3.05) is 5.32 Å². The molecule has 19 heavy (non-hydrogen) atoms. The number of nitrogens with one attached hydrogen (secondary N) is 1. The van der Waals surface area contributed by atoms with Crippen molar-refractivity contribution >= 4 is 28.8 Å². The maximum absolute atomic E-state index is 13.4. The van der Waals surface area contributed by atoms with Gasteiger partial charge in [0.1, 0.15) is 5.82 Å². The molecular formula is C12H13F3N2OS. The molecule has 0 saturated heterocycles. The molecule has 1 atom stereocenters. The van der Waals surface area contributed by atoms with Crippen molar-refractivity contribution in [3.8, 4) is 0 Å². The number of carbonyl (C=O) groups excluding carboxylic acids is 1. The van der Waals surface area contributed by atoms with Gasteiger partial charge in [-0.25, -0.2) is 13.2 Å². The second kappa shape index (κ2) is 6.51. The van der Waals surface area contributed by atoms with Crippen LogP contribution in [-0.4, -0.2) is 10.9 Å². The largest absolute Gasteiger partial charge is 0.393 e. The third-order valence-corrected chi connectivity index (χ3v) is 2.77. The van der Waals surface area contributed by atoms with E-state index < -0.39 is 35.0 Å². The summed E-state index contributed by atoms with van der Waals surface area (Å²) in [7, 11) is 0. The van der Waals surface area contributed by atoms with Gasteiger partial charge in [-0.2, -0.15) is 0 Å². The lowest BCUT2D eigenvalue weighted by Gasteiger charge is -2.15. The van der Waals surface area contributed by atoms with Gasteiger partial charge in [0.05, 0.1) is 16.6 Å². The normalized spacial score (nSPS) is 12.0. The van der Waals surface area contributed by atoms with Crippen LogP contribution in [0, 0.1) is 23.4 Å². The molecule has 0 bridgehead atoms. The van der Waals surface area contributed by atoms with Crippen LogP contribution in [0.1, 0.15) is 19.8 Å². The number of nitrogens with two attached hydrogens (primary N) is 1. The molecule has 1 aromatic carbocycles. The van der Waals surface area contributed by atoms with Gasteiger partial charge in [0.2, 0.25) is 5.91 Å². The molecule has 3 nitrogen and oxygen atoms in total. The van der Waals surface area contributed by atoms with Crippen LogP contribution in [0.25, 0.3) is 0 Å². The molecular weight excluding hydrogens is 277 g/mol. The summed E-state index contributed by atoms with van der Waals surface area (Å²) < 4.78 is 39.3. The Hall–Kier alpha value is -1.63. The summed E-state index contributed by atoms with van der Waals surface area (Å²) in [6.45, 7) is 1.82. The lowest BCUT2D eigenvalue weighted by Crippen LogP contribution is -2.33. The monoisotopic (exact) mass is 290 g/mol. The minimum absolute atomic E-state index is 0.0448. The number of anilines is 1. The fourth-order valence-electron chi connectivity index (χ4n) is 1.56. The third-order valence-electron chi connectivity index (χ3n) is 2.49. The van der Waals surface area contributed by atoms with Crippen LogP contribution >= 0.6 is 12.2 Å². The Bertz CT molecular complexity index is 508. The lowest BCUT2D eigenvalue weighted by molar-refractivity contribution is -0.118. The van der Waals surface area contributed by atoms with E-state index in [1.165, 1.54) is 0 Å². The minimum atomic E-state index is -1.38. The van der Waals surface area contributed by atoms with Crippen LogP contribution < -0.4 is 11.1 Å². The molecule has 0 heterocycles. The quantitative estimate of drug-likeness (QED) is 0.647. The van der Waals surface area contributed by atoms with Crippen molar-refractivity contribution in [2.45, 2.75) is 19.8 Å². The SMILES string of the molecule is CCCC(C(=O)Nc1cc(F)cc(F)c1F)C(N)=S. The maximum atomic E-state index is 13.4. The van der Waals surface area contributed by atoms with E-state index in [0.29, 0.717) is 25.0 Å². The van der Waals surface area contributed by atoms with Crippen LogP contribution in [0.15, 0.2) is 12.1 Å². The smallest absolute Gasteiger partial charge is 0.234 e. The van der Waals surface area contributed by atoms with Gasteiger partial charge in [0.25, 0.3) is 0 Å². The number of amides is 1. The first-order chi connectivity index (χ1) is 8.86. The second-order valence-electron chi connectivity index (χ2n) is 3.98. The summed E-state index contributed by atoms with van der Waals surface area (Å²) in [6.07, 6.45) is 1.01. The van der Waals surface area contributed by atoms with Crippen molar-refractivity contribution in [1.82, 2.24) is 0 Å². The highest BCUT2D eigenvalue weighted by atomic mass is 32.1. The number of hydrogen-bond acceptors (Lipinski definition) is 2. The standard InChI is InChI=1S/C12H13F3N2OS/c1-2-3-7(11(16)19)12(18)17-9-5-6(13)4-8(14)10(9)15/h4-5,7H,2-3H2,1H3,(H2,16,19)(H,17,18). The number of hydrogen-bond donors (Lipinski definition) is 2. The molecule has 0 spiro atoms. The molecule has 1 rings (SSSR count). The van der Waals surface area contributed by atoms with Crippen LogP contribution in [-0.2, 0) is 4.79 Å². The summed E-state index contributed by atoms with van der Waals surface area (Å²) in [6, 6.07) is 1.08. The molecule has 0 aliphatic carbocycles. The van der Waals surface area contributed by atoms with E-state index in [0.717, 1.165) is 0 Å². The molecule has 3 N–H and O–H groups in total. The Morgan fingerprint density at radius 1 is 1.42 bits per heavy atom. The fourth-order valence-corrected chi connectivity index (χ4v) is 1.78. The van der Waals surface area contributed by atoms with Gasteiger partial charge in [-0.1, -0.05) is 25.6 Å². The molecule has 0 saturated carbocycles. The Balaban J connectivity index is 2.95. The number of thiocarbonyl (C=S) groups is 1. The first kappa shape index (κ1) is 15.4. The first-order valence-corrected chi connectivity index (χ1v) is 6.02. The van der Waals surface area contributed by atoms with Crippen LogP contribution in [0.3, 0.4) is 0 Å². The molecule has 0 aliphatic rings. The van der Waals surface area contributed by atoms with Crippen LogP contribution in [0.5, 0.6) is 0 Å². The summed E-state index contributed by atoms with van der Waals surface area (Å²) in [5, 5.41) is 2.10. The molecule has 7 heteroatoms. The van der Waals surface area contributed by atoms with Gasteiger partial charge < -0.3 is 11.1 Å². The Labute approximate surface area is 114 Å². The van der Waals surface area contributed by atoms with Gasteiger partial charge in [-0.05, 0) is 6.42 Å². The second-order valence-corrected chi connectivity index (χ2v) is 4.45. The molecule has 1 amide bonds. The first-order valence-electron chi connectivity index (χ1n) is 5.61. The summed E-state index contributed by atoms with van der Waals surface area (Å²) in [5.41, 5.74) is 4.83.